The molecule has 3 aromatic rings. The maximum atomic E-state index is 12.5. The van der Waals surface area contributed by atoms with Crippen molar-refractivity contribution < 1.29 is 9.53 Å². The summed E-state index contributed by atoms with van der Waals surface area (Å²) in [4.78, 5) is 20.8. The fourth-order valence-electron chi connectivity index (χ4n) is 2.82. The Hall–Kier alpha value is -3.41. The molecule has 2 N–H and O–H groups in total. The van der Waals surface area contributed by atoms with Crippen LogP contribution in [0.2, 0.25) is 0 Å². The number of carbonyl (C=O) groups is 1. The Balaban J connectivity index is 1.51. The van der Waals surface area contributed by atoms with Gasteiger partial charge in [0.2, 0.25) is 0 Å². The van der Waals surface area contributed by atoms with Gasteiger partial charge in [-0.1, -0.05) is 30.3 Å². The van der Waals surface area contributed by atoms with E-state index >= 15 is 0 Å². The molecule has 0 aliphatic carbocycles. The molecule has 0 saturated heterocycles. The first-order chi connectivity index (χ1) is 14.1. The van der Waals surface area contributed by atoms with Gasteiger partial charge in [-0.2, -0.15) is 0 Å². The van der Waals surface area contributed by atoms with Crippen LogP contribution in [0.3, 0.4) is 0 Å². The van der Waals surface area contributed by atoms with Gasteiger partial charge in [0.1, 0.15) is 23.6 Å². The molecule has 0 radical (unpaired) electrons. The molecular formula is C23H26N4O2. The number of aryl methyl sites for hydroxylation is 1. The van der Waals surface area contributed by atoms with E-state index in [1.165, 1.54) is 11.9 Å². The monoisotopic (exact) mass is 390 g/mol. The van der Waals surface area contributed by atoms with Gasteiger partial charge < -0.3 is 15.4 Å². The normalized spacial score (nSPS) is 10.6. The highest BCUT2D eigenvalue weighted by Gasteiger charge is 2.09. The first kappa shape index (κ1) is 20.3. The summed E-state index contributed by atoms with van der Waals surface area (Å²) in [6, 6.07) is 19.3. The predicted octanol–water partition coefficient (Wildman–Crippen LogP) is 4.56. The Kier molecular flexibility index (Phi) is 7.16. The fourth-order valence-corrected chi connectivity index (χ4v) is 2.82. The van der Waals surface area contributed by atoms with E-state index in [1.807, 2.05) is 44.2 Å². The van der Waals surface area contributed by atoms with Crippen LogP contribution < -0.4 is 15.4 Å². The van der Waals surface area contributed by atoms with E-state index in [1.54, 1.807) is 18.2 Å². The molecule has 0 unspecified atom stereocenters. The lowest BCUT2D eigenvalue weighted by Gasteiger charge is -2.11. The second-order valence-electron chi connectivity index (χ2n) is 6.95. The molecule has 1 heterocycles. The Morgan fingerprint density at radius 1 is 1.03 bits per heavy atom. The van der Waals surface area contributed by atoms with Crippen LogP contribution in [0.4, 0.5) is 11.5 Å². The number of aromatic nitrogens is 2. The molecule has 29 heavy (non-hydrogen) atoms. The molecule has 6 heteroatoms. The Bertz CT molecular complexity index is 912. The summed E-state index contributed by atoms with van der Waals surface area (Å²) < 4.78 is 5.61. The SMILES string of the molecule is CC(C)Oc1ccc(NC(=O)c2cc(NCCCc3ccccc3)ncn2)cc1. The minimum absolute atomic E-state index is 0.107. The number of anilines is 2. The zero-order chi connectivity index (χ0) is 20.5. The highest BCUT2D eigenvalue weighted by atomic mass is 16.5. The molecule has 0 bridgehead atoms. The number of nitrogens with zero attached hydrogens (tertiary/aromatic N) is 2. The lowest BCUT2D eigenvalue weighted by atomic mass is 10.1. The lowest BCUT2D eigenvalue weighted by molar-refractivity contribution is 0.102. The highest BCUT2D eigenvalue weighted by molar-refractivity contribution is 6.03. The van der Waals surface area contributed by atoms with Gasteiger partial charge in [0.05, 0.1) is 6.10 Å². The van der Waals surface area contributed by atoms with E-state index in [0.717, 1.165) is 25.1 Å². The van der Waals surface area contributed by atoms with Crippen LogP contribution in [0.15, 0.2) is 67.0 Å². The molecule has 0 aliphatic rings. The average molecular weight is 390 g/mol. The summed E-state index contributed by atoms with van der Waals surface area (Å²) in [6.45, 7) is 4.71. The molecule has 0 fully saturated rings. The van der Waals surface area contributed by atoms with Gasteiger partial charge in [0.25, 0.3) is 5.91 Å². The number of hydrogen-bond donors (Lipinski definition) is 2. The Morgan fingerprint density at radius 2 is 1.79 bits per heavy atom. The summed E-state index contributed by atoms with van der Waals surface area (Å²) in [5.74, 6) is 1.12. The third-order valence-electron chi connectivity index (χ3n) is 4.17. The second-order valence-corrected chi connectivity index (χ2v) is 6.95. The summed E-state index contributed by atoms with van der Waals surface area (Å²) in [7, 11) is 0. The van der Waals surface area contributed by atoms with Crippen LogP contribution in [0.1, 0.15) is 36.3 Å². The summed E-state index contributed by atoms with van der Waals surface area (Å²) >= 11 is 0. The average Bonchev–Trinajstić information content (AvgIpc) is 2.73. The maximum Gasteiger partial charge on any atom is 0.274 e. The second kappa shape index (κ2) is 10.2. The summed E-state index contributed by atoms with van der Waals surface area (Å²) in [5.41, 5.74) is 2.30. The fraction of sp³-hybridized carbons (Fsp3) is 0.261. The van der Waals surface area contributed by atoms with E-state index in [2.05, 4.69) is 32.7 Å². The molecule has 6 nitrogen and oxygen atoms in total. The van der Waals surface area contributed by atoms with Gasteiger partial charge in [-0.15, -0.1) is 0 Å². The van der Waals surface area contributed by atoms with Crippen LogP contribution in [0, 0.1) is 0 Å². The van der Waals surface area contributed by atoms with Gasteiger partial charge in [-0.25, -0.2) is 9.97 Å². The van der Waals surface area contributed by atoms with Crippen molar-refractivity contribution in [2.45, 2.75) is 32.8 Å². The Labute approximate surface area is 171 Å². The van der Waals surface area contributed by atoms with Crippen molar-refractivity contribution in [3.8, 4) is 5.75 Å². The largest absolute Gasteiger partial charge is 0.491 e. The summed E-state index contributed by atoms with van der Waals surface area (Å²) in [6.07, 6.45) is 3.46. The van der Waals surface area contributed by atoms with Crippen molar-refractivity contribution in [2.75, 3.05) is 17.2 Å². The molecule has 0 saturated carbocycles. The van der Waals surface area contributed by atoms with E-state index in [0.29, 0.717) is 17.2 Å². The van der Waals surface area contributed by atoms with Crippen LogP contribution in [0.5, 0.6) is 5.75 Å². The highest BCUT2D eigenvalue weighted by Crippen LogP contribution is 2.17. The topological polar surface area (TPSA) is 76.1 Å². The maximum absolute atomic E-state index is 12.5. The number of hydrogen-bond acceptors (Lipinski definition) is 5. The number of nitrogens with one attached hydrogen (secondary N) is 2. The number of amides is 1. The lowest BCUT2D eigenvalue weighted by Crippen LogP contribution is -2.15. The number of carbonyl (C=O) groups excluding carboxylic acids is 1. The number of ether oxygens (including phenoxy) is 1. The van der Waals surface area contributed by atoms with E-state index < -0.39 is 0 Å². The van der Waals surface area contributed by atoms with Crippen molar-refractivity contribution in [1.29, 1.82) is 0 Å². The molecule has 0 atom stereocenters. The standard InChI is InChI=1S/C23H26N4O2/c1-17(2)29-20-12-10-19(11-13-20)27-23(28)21-15-22(26-16-25-21)24-14-6-9-18-7-4-3-5-8-18/h3-5,7-8,10-13,15-17H,6,9,14H2,1-2H3,(H,27,28)(H,24,25,26). The third kappa shape index (κ3) is 6.60. The van der Waals surface area contributed by atoms with Crippen molar-refractivity contribution in [3.05, 3.63) is 78.2 Å². The summed E-state index contributed by atoms with van der Waals surface area (Å²) in [5, 5.41) is 6.09. The predicted molar refractivity (Wildman–Crippen MR) is 115 cm³/mol. The third-order valence-corrected chi connectivity index (χ3v) is 4.17. The minimum Gasteiger partial charge on any atom is -0.491 e. The molecule has 1 aromatic heterocycles. The van der Waals surface area contributed by atoms with E-state index in [4.69, 9.17) is 4.74 Å². The molecule has 3 rings (SSSR count). The first-order valence-corrected chi connectivity index (χ1v) is 9.78. The smallest absolute Gasteiger partial charge is 0.274 e. The zero-order valence-electron chi connectivity index (χ0n) is 16.8. The van der Waals surface area contributed by atoms with Gasteiger partial charge in [-0.05, 0) is 56.5 Å². The van der Waals surface area contributed by atoms with E-state index in [9.17, 15) is 4.79 Å². The van der Waals surface area contributed by atoms with Crippen molar-refractivity contribution in [2.24, 2.45) is 0 Å². The Morgan fingerprint density at radius 3 is 2.52 bits per heavy atom. The van der Waals surface area contributed by atoms with Crippen LogP contribution in [-0.2, 0) is 6.42 Å². The van der Waals surface area contributed by atoms with Gasteiger partial charge >= 0.3 is 0 Å². The van der Waals surface area contributed by atoms with Crippen molar-refractivity contribution >= 4 is 17.4 Å². The molecule has 2 aromatic carbocycles. The van der Waals surface area contributed by atoms with E-state index in [-0.39, 0.29) is 12.0 Å². The van der Waals surface area contributed by atoms with Gasteiger partial charge in [-0.3, -0.25) is 4.79 Å². The van der Waals surface area contributed by atoms with Gasteiger partial charge in [0, 0.05) is 18.3 Å². The van der Waals surface area contributed by atoms with Crippen molar-refractivity contribution in [3.63, 3.8) is 0 Å². The van der Waals surface area contributed by atoms with Crippen LogP contribution >= 0.6 is 0 Å². The van der Waals surface area contributed by atoms with Gasteiger partial charge in [0.15, 0.2) is 0 Å². The quantitative estimate of drug-likeness (QED) is 0.524. The molecule has 1 amide bonds. The zero-order valence-corrected chi connectivity index (χ0v) is 16.8. The number of benzene rings is 2. The molecule has 150 valence electrons. The first-order valence-electron chi connectivity index (χ1n) is 9.78. The molecule has 0 aliphatic heterocycles. The van der Waals surface area contributed by atoms with Crippen LogP contribution in [0.25, 0.3) is 0 Å². The minimum atomic E-state index is -0.280. The van der Waals surface area contributed by atoms with Crippen molar-refractivity contribution in [1.82, 2.24) is 9.97 Å². The van der Waals surface area contributed by atoms with Crippen LogP contribution in [-0.4, -0.2) is 28.5 Å². The molecule has 0 spiro atoms. The molecular weight excluding hydrogens is 364 g/mol. The number of rotatable bonds is 9.